The molecular weight excluding hydrogens is 396 g/mol. The van der Waals surface area contributed by atoms with Gasteiger partial charge in [-0.15, -0.1) is 0 Å². The van der Waals surface area contributed by atoms with E-state index in [9.17, 15) is 4.79 Å². The van der Waals surface area contributed by atoms with Gasteiger partial charge in [0.25, 0.3) is 5.91 Å². The number of carbonyl (C=O) groups is 1. The van der Waals surface area contributed by atoms with Crippen molar-refractivity contribution in [2.45, 2.75) is 19.4 Å². The lowest BCUT2D eigenvalue weighted by molar-refractivity contribution is 0.102. The highest BCUT2D eigenvalue weighted by Crippen LogP contribution is 2.31. The molecule has 0 saturated carbocycles. The third kappa shape index (κ3) is 3.75. The number of nitrogens with zero attached hydrogens (tertiary/aromatic N) is 4. The highest BCUT2D eigenvalue weighted by atomic mass is 16.5. The van der Waals surface area contributed by atoms with Crippen LogP contribution in [0.1, 0.15) is 23.8 Å². The fourth-order valence-electron chi connectivity index (χ4n) is 4.12. The molecular formula is C22H22N6O3. The van der Waals surface area contributed by atoms with Crippen LogP contribution in [0.2, 0.25) is 0 Å². The Balaban J connectivity index is 1.43. The molecule has 5 rings (SSSR count). The first-order valence-electron chi connectivity index (χ1n) is 10.1. The van der Waals surface area contributed by atoms with Crippen molar-refractivity contribution >= 4 is 28.4 Å². The van der Waals surface area contributed by atoms with Crippen LogP contribution in [0.5, 0.6) is 0 Å². The minimum atomic E-state index is -0.331. The van der Waals surface area contributed by atoms with Gasteiger partial charge in [0.15, 0.2) is 5.58 Å². The van der Waals surface area contributed by atoms with Crippen molar-refractivity contribution in [3.05, 3.63) is 55.0 Å². The predicted molar refractivity (Wildman–Crippen MR) is 116 cm³/mol. The molecule has 1 aliphatic heterocycles. The van der Waals surface area contributed by atoms with Crippen molar-refractivity contribution < 1.29 is 13.7 Å². The second kappa shape index (κ2) is 7.84. The summed E-state index contributed by atoms with van der Waals surface area (Å²) in [4.78, 5) is 23.9. The number of furan rings is 1. The average Bonchev–Trinajstić information content (AvgIpc) is 3.42. The monoisotopic (exact) mass is 418 g/mol. The van der Waals surface area contributed by atoms with Gasteiger partial charge in [0.2, 0.25) is 0 Å². The number of carbonyl (C=O) groups excluding carboxylic acids is 1. The second-order valence-corrected chi connectivity index (χ2v) is 7.96. The van der Waals surface area contributed by atoms with Gasteiger partial charge in [-0.2, -0.15) is 0 Å². The molecule has 0 radical (unpaired) electrons. The Kier molecular flexibility index (Phi) is 4.87. The minimum absolute atomic E-state index is 0.0986. The molecule has 0 aliphatic carbocycles. The van der Waals surface area contributed by atoms with E-state index in [1.165, 1.54) is 6.26 Å². The molecule has 1 aliphatic rings. The number of pyridine rings is 2. The molecule has 0 unspecified atom stereocenters. The molecule has 1 saturated heterocycles. The molecule has 0 spiro atoms. The van der Waals surface area contributed by atoms with Crippen LogP contribution in [0.3, 0.4) is 0 Å². The first kappa shape index (κ1) is 19.3. The highest BCUT2D eigenvalue weighted by Gasteiger charge is 2.25. The van der Waals surface area contributed by atoms with E-state index < -0.39 is 0 Å². The smallest absolute Gasteiger partial charge is 0.274 e. The SMILES string of the molecule is C[C@@H]1C[C@H](N)CN(c2ccncc2NC(=O)c2ccc3occ(-c4cnoc4)c3n2)C1. The molecule has 0 aromatic carbocycles. The average molecular weight is 418 g/mol. The van der Waals surface area contributed by atoms with Crippen molar-refractivity contribution in [1.82, 2.24) is 15.1 Å². The van der Waals surface area contributed by atoms with Crippen LogP contribution in [0.15, 0.2) is 58.3 Å². The van der Waals surface area contributed by atoms with E-state index in [1.54, 1.807) is 37.0 Å². The van der Waals surface area contributed by atoms with Crippen LogP contribution in [0.4, 0.5) is 11.4 Å². The summed E-state index contributed by atoms with van der Waals surface area (Å²) in [5.41, 5.74) is 10.6. The van der Waals surface area contributed by atoms with Gasteiger partial charge >= 0.3 is 0 Å². The molecule has 4 aromatic rings. The highest BCUT2D eigenvalue weighted by molar-refractivity contribution is 6.06. The van der Waals surface area contributed by atoms with E-state index in [4.69, 9.17) is 14.7 Å². The van der Waals surface area contributed by atoms with Crippen LogP contribution in [0.25, 0.3) is 22.2 Å². The summed E-state index contributed by atoms with van der Waals surface area (Å²) in [5.74, 6) is 0.143. The van der Waals surface area contributed by atoms with Gasteiger partial charge in [0, 0.05) is 30.9 Å². The summed E-state index contributed by atoms with van der Waals surface area (Å²) < 4.78 is 10.5. The van der Waals surface area contributed by atoms with Gasteiger partial charge in [0.1, 0.15) is 23.7 Å². The van der Waals surface area contributed by atoms with E-state index in [0.717, 1.165) is 30.8 Å². The van der Waals surface area contributed by atoms with E-state index >= 15 is 0 Å². The predicted octanol–water partition coefficient (Wildman–Crippen LogP) is 3.30. The van der Waals surface area contributed by atoms with Gasteiger partial charge in [-0.1, -0.05) is 12.1 Å². The summed E-state index contributed by atoms with van der Waals surface area (Å²) in [7, 11) is 0. The Bertz CT molecular complexity index is 1210. The van der Waals surface area contributed by atoms with Gasteiger partial charge in [-0.3, -0.25) is 9.78 Å². The summed E-state index contributed by atoms with van der Waals surface area (Å²) in [6.45, 7) is 3.79. The standard InChI is InChI=1S/C22H22N6O3/c1-13-6-15(23)10-28(9-13)19-4-5-24-8-18(19)27-22(29)17-2-3-20-21(26-17)16(12-30-20)14-7-25-31-11-14/h2-5,7-8,11-13,15H,6,9-10,23H2,1H3,(H,27,29)/t13-,15+/m1/s1. The number of fused-ring (bicyclic) bond motifs is 1. The Morgan fingerprint density at radius 3 is 2.94 bits per heavy atom. The second-order valence-electron chi connectivity index (χ2n) is 7.96. The quantitative estimate of drug-likeness (QED) is 0.517. The molecule has 5 heterocycles. The summed E-state index contributed by atoms with van der Waals surface area (Å²) in [6.07, 6.45) is 9.02. The lowest BCUT2D eigenvalue weighted by Crippen LogP contribution is -2.46. The third-order valence-corrected chi connectivity index (χ3v) is 5.47. The van der Waals surface area contributed by atoms with E-state index in [1.807, 2.05) is 6.07 Å². The summed E-state index contributed by atoms with van der Waals surface area (Å²) in [6, 6.07) is 5.36. The maximum absolute atomic E-state index is 13.0. The van der Waals surface area contributed by atoms with Crippen molar-refractivity contribution in [2.24, 2.45) is 11.7 Å². The van der Waals surface area contributed by atoms with Crippen molar-refractivity contribution in [3.8, 4) is 11.1 Å². The van der Waals surface area contributed by atoms with Crippen LogP contribution < -0.4 is 16.0 Å². The zero-order valence-corrected chi connectivity index (χ0v) is 17.0. The number of piperidine rings is 1. The Hall–Kier alpha value is -3.72. The van der Waals surface area contributed by atoms with Crippen molar-refractivity contribution in [3.63, 3.8) is 0 Å². The molecule has 0 bridgehead atoms. The van der Waals surface area contributed by atoms with Crippen molar-refractivity contribution in [1.29, 1.82) is 0 Å². The Morgan fingerprint density at radius 1 is 1.23 bits per heavy atom. The molecule has 9 heteroatoms. The van der Waals surface area contributed by atoms with E-state index in [2.05, 4.69) is 32.3 Å². The van der Waals surface area contributed by atoms with Crippen LogP contribution in [-0.4, -0.2) is 40.2 Å². The number of aromatic nitrogens is 3. The molecule has 1 fully saturated rings. The van der Waals surface area contributed by atoms with Gasteiger partial charge in [-0.25, -0.2) is 4.98 Å². The topological polar surface area (TPSA) is 123 Å². The molecule has 3 N–H and O–H groups in total. The molecule has 158 valence electrons. The molecule has 2 atom stereocenters. The first-order valence-corrected chi connectivity index (χ1v) is 10.1. The zero-order chi connectivity index (χ0) is 21.4. The maximum atomic E-state index is 13.0. The van der Waals surface area contributed by atoms with Crippen LogP contribution in [0, 0.1) is 5.92 Å². The largest absolute Gasteiger partial charge is 0.462 e. The van der Waals surface area contributed by atoms with E-state index in [0.29, 0.717) is 28.3 Å². The first-order chi connectivity index (χ1) is 15.1. The number of rotatable bonds is 4. The van der Waals surface area contributed by atoms with Crippen molar-refractivity contribution in [2.75, 3.05) is 23.3 Å². The van der Waals surface area contributed by atoms with Gasteiger partial charge < -0.3 is 24.9 Å². The fourth-order valence-corrected chi connectivity index (χ4v) is 4.12. The van der Waals surface area contributed by atoms with Crippen LogP contribution in [-0.2, 0) is 0 Å². The van der Waals surface area contributed by atoms with E-state index in [-0.39, 0.29) is 17.6 Å². The summed E-state index contributed by atoms with van der Waals surface area (Å²) in [5, 5.41) is 6.68. The maximum Gasteiger partial charge on any atom is 0.274 e. The molecule has 31 heavy (non-hydrogen) atoms. The summed E-state index contributed by atoms with van der Waals surface area (Å²) >= 11 is 0. The third-order valence-electron chi connectivity index (χ3n) is 5.47. The lowest BCUT2D eigenvalue weighted by Gasteiger charge is -2.37. The van der Waals surface area contributed by atoms with Crippen LogP contribution >= 0.6 is 0 Å². The Labute approximate surface area is 178 Å². The number of hydrogen-bond donors (Lipinski definition) is 2. The minimum Gasteiger partial charge on any atom is -0.462 e. The normalized spacial score (nSPS) is 19.0. The number of hydrogen-bond acceptors (Lipinski definition) is 8. The number of anilines is 2. The lowest BCUT2D eigenvalue weighted by atomic mass is 9.96. The van der Waals surface area contributed by atoms with Gasteiger partial charge in [0.05, 0.1) is 29.3 Å². The molecule has 4 aromatic heterocycles. The number of nitrogens with one attached hydrogen (secondary N) is 1. The zero-order valence-electron chi connectivity index (χ0n) is 17.0. The Morgan fingerprint density at radius 2 is 2.13 bits per heavy atom. The number of nitrogens with two attached hydrogens (primary N) is 1. The fraction of sp³-hybridized carbons (Fsp3) is 0.273. The molecule has 9 nitrogen and oxygen atoms in total. The van der Waals surface area contributed by atoms with Gasteiger partial charge in [-0.05, 0) is 30.5 Å². The number of amides is 1. The molecule has 1 amide bonds.